The molecule has 2 rings (SSSR count). The summed E-state index contributed by atoms with van der Waals surface area (Å²) in [5, 5.41) is 4.37. The largest absolute Gasteiger partial charge is 0.489 e. The quantitative estimate of drug-likeness (QED) is 0.828. The fraction of sp³-hybridized carbons (Fsp3) is 0.647. The molecule has 1 aromatic rings. The summed E-state index contributed by atoms with van der Waals surface area (Å²) in [6, 6.07) is 7.98. The van der Waals surface area contributed by atoms with Crippen molar-refractivity contribution in [1.82, 2.24) is 5.32 Å². The second-order valence-electron chi connectivity index (χ2n) is 5.71. The van der Waals surface area contributed by atoms with Gasteiger partial charge in [-0.25, -0.2) is 0 Å². The average molecular weight is 312 g/mol. The number of ether oxygens (including phenoxy) is 2. The van der Waals surface area contributed by atoms with Gasteiger partial charge in [0.15, 0.2) is 0 Å². The monoisotopic (exact) mass is 311 g/mol. The molecule has 4 heteroatoms. The van der Waals surface area contributed by atoms with Crippen LogP contribution < -0.4 is 10.1 Å². The number of hydrogen-bond acceptors (Lipinski definition) is 3. The van der Waals surface area contributed by atoms with Gasteiger partial charge >= 0.3 is 0 Å². The van der Waals surface area contributed by atoms with Gasteiger partial charge in [-0.3, -0.25) is 0 Å². The van der Waals surface area contributed by atoms with E-state index >= 15 is 0 Å². The Balaban J connectivity index is 2.00. The smallest absolute Gasteiger partial charge is 0.121 e. The van der Waals surface area contributed by atoms with Crippen LogP contribution in [0.25, 0.3) is 0 Å². The summed E-state index contributed by atoms with van der Waals surface area (Å²) in [6.45, 7) is 7.07. The molecule has 1 N–H and O–H groups in total. The zero-order valence-corrected chi connectivity index (χ0v) is 13.7. The van der Waals surface area contributed by atoms with E-state index in [4.69, 9.17) is 21.1 Å². The topological polar surface area (TPSA) is 30.5 Å². The summed E-state index contributed by atoms with van der Waals surface area (Å²) >= 11 is 6.03. The van der Waals surface area contributed by atoms with Crippen LogP contribution in [0.2, 0.25) is 5.02 Å². The third-order valence-electron chi connectivity index (χ3n) is 4.03. The normalized spacial score (nSPS) is 19.2. The minimum Gasteiger partial charge on any atom is -0.489 e. The highest BCUT2D eigenvalue weighted by Gasteiger charge is 2.29. The number of halogens is 1. The molecular formula is C17H26ClNO2. The molecule has 1 aliphatic rings. The van der Waals surface area contributed by atoms with E-state index in [0.29, 0.717) is 17.0 Å². The predicted molar refractivity (Wildman–Crippen MR) is 87.2 cm³/mol. The average Bonchev–Trinajstić information content (AvgIpc) is 2.49. The molecule has 2 unspecified atom stereocenters. The lowest BCUT2D eigenvalue weighted by Crippen LogP contribution is -2.48. The third kappa shape index (κ3) is 5.17. The van der Waals surface area contributed by atoms with Gasteiger partial charge in [0, 0.05) is 24.3 Å². The van der Waals surface area contributed by atoms with Crippen molar-refractivity contribution in [1.29, 1.82) is 0 Å². The van der Waals surface area contributed by atoms with E-state index in [1.165, 1.54) is 0 Å². The first-order valence-electron chi connectivity index (χ1n) is 7.94. The second-order valence-corrected chi connectivity index (χ2v) is 6.15. The molecule has 0 saturated carbocycles. The molecule has 0 spiro atoms. The van der Waals surface area contributed by atoms with E-state index in [9.17, 15) is 0 Å². The number of hydrogen-bond donors (Lipinski definition) is 1. The molecule has 0 amide bonds. The van der Waals surface area contributed by atoms with Crippen LogP contribution in [-0.4, -0.2) is 31.9 Å². The summed E-state index contributed by atoms with van der Waals surface area (Å²) in [5.74, 6) is 1.45. The van der Waals surface area contributed by atoms with Crippen LogP contribution in [0.3, 0.4) is 0 Å². The van der Waals surface area contributed by atoms with Crippen molar-refractivity contribution in [2.24, 2.45) is 5.92 Å². The van der Waals surface area contributed by atoms with Crippen LogP contribution in [0.5, 0.6) is 5.75 Å². The first kappa shape index (κ1) is 16.6. The van der Waals surface area contributed by atoms with Crippen molar-refractivity contribution >= 4 is 11.6 Å². The minimum absolute atomic E-state index is 0.109. The van der Waals surface area contributed by atoms with Crippen molar-refractivity contribution in [2.45, 2.75) is 45.3 Å². The molecule has 118 valence electrons. The van der Waals surface area contributed by atoms with Crippen LogP contribution in [0, 0.1) is 5.92 Å². The molecule has 3 nitrogen and oxygen atoms in total. The van der Waals surface area contributed by atoms with Crippen molar-refractivity contribution in [3.8, 4) is 5.75 Å². The summed E-state index contributed by atoms with van der Waals surface area (Å²) in [4.78, 5) is 0. The van der Waals surface area contributed by atoms with E-state index in [1.54, 1.807) is 0 Å². The molecule has 2 atom stereocenters. The first-order chi connectivity index (χ1) is 10.2. The van der Waals surface area contributed by atoms with Crippen LogP contribution in [0.4, 0.5) is 0 Å². The Kier molecular flexibility index (Phi) is 6.81. The van der Waals surface area contributed by atoms with Gasteiger partial charge in [0.1, 0.15) is 11.9 Å². The van der Waals surface area contributed by atoms with Gasteiger partial charge in [-0.2, -0.15) is 0 Å². The molecule has 21 heavy (non-hydrogen) atoms. The van der Waals surface area contributed by atoms with Gasteiger partial charge in [-0.1, -0.05) is 24.6 Å². The fourth-order valence-corrected chi connectivity index (χ4v) is 3.11. The maximum absolute atomic E-state index is 6.12. The van der Waals surface area contributed by atoms with E-state index in [2.05, 4.69) is 19.2 Å². The Bertz CT molecular complexity index is 421. The Morgan fingerprint density at radius 2 is 2.14 bits per heavy atom. The Hall–Kier alpha value is -0.770. The highest BCUT2D eigenvalue weighted by Crippen LogP contribution is 2.25. The van der Waals surface area contributed by atoms with Crippen molar-refractivity contribution < 1.29 is 9.47 Å². The SMILES string of the molecule is CCCNC(C1CCOCC1)C(C)Oc1cccc(Cl)c1. The van der Waals surface area contributed by atoms with Gasteiger partial charge in [-0.15, -0.1) is 0 Å². The lowest BCUT2D eigenvalue weighted by atomic mass is 9.88. The minimum atomic E-state index is 0.109. The molecule has 1 aromatic carbocycles. The van der Waals surface area contributed by atoms with Crippen molar-refractivity contribution in [3.05, 3.63) is 29.3 Å². The van der Waals surface area contributed by atoms with Gasteiger partial charge in [0.25, 0.3) is 0 Å². The Morgan fingerprint density at radius 3 is 2.81 bits per heavy atom. The van der Waals surface area contributed by atoms with Crippen molar-refractivity contribution in [2.75, 3.05) is 19.8 Å². The highest BCUT2D eigenvalue weighted by molar-refractivity contribution is 6.30. The maximum atomic E-state index is 6.12. The van der Waals surface area contributed by atoms with E-state index in [0.717, 1.165) is 44.8 Å². The molecule has 0 bridgehead atoms. The molecular weight excluding hydrogens is 286 g/mol. The zero-order valence-electron chi connectivity index (χ0n) is 13.0. The molecule has 0 radical (unpaired) electrons. The molecule has 1 saturated heterocycles. The second kappa shape index (κ2) is 8.62. The fourth-order valence-electron chi connectivity index (χ4n) is 2.93. The van der Waals surface area contributed by atoms with Gasteiger partial charge in [0.05, 0.1) is 0 Å². The Morgan fingerprint density at radius 1 is 1.38 bits per heavy atom. The number of benzene rings is 1. The first-order valence-corrected chi connectivity index (χ1v) is 8.32. The molecule has 1 fully saturated rings. The molecule has 0 aliphatic carbocycles. The number of rotatable bonds is 7. The molecule has 0 aromatic heterocycles. The van der Waals surface area contributed by atoms with E-state index in [1.807, 2.05) is 24.3 Å². The lowest BCUT2D eigenvalue weighted by Gasteiger charge is -2.35. The lowest BCUT2D eigenvalue weighted by molar-refractivity contribution is 0.0317. The summed E-state index contributed by atoms with van der Waals surface area (Å²) < 4.78 is 11.6. The highest BCUT2D eigenvalue weighted by atomic mass is 35.5. The van der Waals surface area contributed by atoms with E-state index in [-0.39, 0.29) is 6.10 Å². The predicted octanol–water partition coefficient (Wildman–Crippen LogP) is 3.90. The van der Waals surface area contributed by atoms with Crippen molar-refractivity contribution in [3.63, 3.8) is 0 Å². The summed E-state index contributed by atoms with van der Waals surface area (Å²) in [7, 11) is 0. The molecule has 1 heterocycles. The molecule has 1 aliphatic heterocycles. The van der Waals surface area contributed by atoms with Crippen LogP contribution >= 0.6 is 11.6 Å². The Labute approximate surface area is 133 Å². The standard InChI is InChI=1S/C17H26ClNO2/c1-3-9-19-17(14-7-10-20-11-8-14)13(2)21-16-6-4-5-15(18)12-16/h4-6,12-14,17,19H,3,7-11H2,1-2H3. The van der Waals surface area contributed by atoms with Crippen LogP contribution in [0.15, 0.2) is 24.3 Å². The third-order valence-corrected chi connectivity index (χ3v) is 4.26. The summed E-state index contributed by atoms with van der Waals surface area (Å²) in [5.41, 5.74) is 0. The van der Waals surface area contributed by atoms with E-state index < -0.39 is 0 Å². The maximum Gasteiger partial charge on any atom is 0.121 e. The van der Waals surface area contributed by atoms with Gasteiger partial charge < -0.3 is 14.8 Å². The zero-order chi connectivity index (χ0) is 15.1. The van der Waals surface area contributed by atoms with Gasteiger partial charge in [-0.05, 0) is 56.8 Å². The summed E-state index contributed by atoms with van der Waals surface area (Å²) in [6.07, 6.45) is 3.44. The number of nitrogens with one attached hydrogen (secondary N) is 1. The van der Waals surface area contributed by atoms with Gasteiger partial charge in [0.2, 0.25) is 0 Å². The van der Waals surface area contributed by atoms with Crippen LogP contribution in [-0.2, 0) is 4.74 Å². The van der Waals surface area contributed by atoms with Crippen LogP contribution in [0.1, 0.15) is 33.1 Å².